The summed E-state index contributed by atoms with van der Waals surface area (Å²) < 4.78 is 0. The van der Waals surface area contributed by atoms with E-state index in [0.29, 0.717) is 31.1 Å². The van der Waals surface area contributed by atoms with Gasteiger partial charge in [0.05, 0.1) is 6.04 Å². The van der Waals surface area contributed by atoms with Crippen molar-refractivity contribution in [2.24, 2.45) is 0 Å². The van der Waals surface area contributed by atoms with Gasteiger partial charge in [0.2, 0.25) is 11.9 Å². The van der Waals surface area contributed by atoms with Crippen LogP contribution in [0.1, 0.15) is 23.7 Å². The Morgan fingerprint density at radius 2 is 1.73 bits per heavy atom. The van der Waals surface area contributed by atoms with Crippen LogP contribution in [0.5, 0.6) is 0 Å². The van der Waals surface area contributed by atoms with Crippen molar-refractivity contribution in [2.45, 2.75) is 19.4 Å². The maximum absolute atomic E-state index is 12.6. The first kappa shape index (κ1) is 18.0. The maximum Gasteiger partial charge on any atom is 0.253 e. The molecule has 2 aromatic rings. The number of nitrogens with zero attached hydrogens (tertiary/aromatic N) is 4. The summed E-state index contributed by atoms with van der Waals surface area (Å²) in [5, 5.41) is 2.74. The van der Waals surface area contributed by atoms with Gasteiger partial charge >= 0.3 is 0 Å². The third kappa shape index (κ3) is 4.43. The first-order chi connectivity index (χ1) is 12.6. The molecule has 2 heterocycles. The fourth-order valence-electron chi connectivity index (χ4n) is 3.04. The van der Waals surface area contributed by atoms with Gasteiger partial charge < -0.3 is 4.90 Å². The van der Waals surface area contributed by atoms with E-state index < -0.39 is 0 Å². The normalized spacial score (nSPS) is 16.6. The van der Waals surface area contributed by atoms with Crippen molar-refractivity contribution in [3.63, 3.8) is 0 Å². The van der Waals surface area contributed by atoms with Gasteiger partial charge in [-0.15, -0.1) is 0 Å². The van der Waals surface area contributed by atoms with Crippen LogP contribution in [0.25, 0.3) is 0 Å². The number of aromatic nitrogens is 2. The monoisotopic (exact) mass is 353 g/mol. The molecule has 1 aliphatic heterocycles. The average molecular weight is 353 g/mol. The van der Waals surface area contributed by atoms with Crippen LogP contribution in [0, 0.1) is 0 Å². The zero-order valence-corrected chi connectivity index (χ0v) is 14.8. The van der Waals surface area contributed by atoms with Crippen LogP contribution in [0.4, 0.5) is 5.95 Å². The number of amides is 2. The van der Waals surface area contributed by atoms with Crippen molar-refractivity contribution >= 4 is 17.8 Å². The van der Waals surface area contributed by atoms with Crippen LogP contribution in [0.15, 0.2) is 48.8 Å². The van der Waals surface area contributed by atoms with Crippen molar-refractivity contribution in [1.82, 2.24) is 19.8 Å². The van der Waals surface area contributed by atoms with Gasteiger partial charge in [0.1, 0.15) is 0 Å². The molecule has 7 heteroatoms. The Balaban J connectivity index is 1.57. The van der Waals surface area contributed by atoms with Crippen LogP contribution >= 0.6 is 0 Å². The Morgan fingerprint density at radius 3 is 2.46 bits per heavy atom. The largest absolute Gasteiger partial charge is 0.337 e. The molecule has 1 fully saturated rings. The summed E-state index contributed by atoms with van der Waals surface area (Å²) in [6.07, 6.45) is 4.01. The molecule has 1 saturated heterocycles. The van der Waals surface area contributed by atoms with Crippen molar-refractivity contribution in [1.29, 1.82) is 0 Å². The molecule has 1 aromatic heterocycles. The molecule has 1 unspecified atom stereocenters. The number of carbonyl (C=O) groups is 2. The van der Waals surface area contributed by atoms with E-state index in [0.717, 1.165) is 13.0 Å². The summed E-state index contributed by atoms with van der Waals surface area (Å²) in [6, 6.07) is 10.7. The molecule has 136 valence electrons. The fourth-order valence-corrected chi connectivity index (χ4v) is 3.04. The lowest BCUT2D eigenvalue weighted by atomic mass is 10.2. The second-order valence-electron chi connectivity index (χ2n) is 6.29. The average Bonchev–Trinajstić information content (AvgIpc) is 2.94. The minimum absolute atomic E-state index is 0.0437. The van der Waals surface area contributed by atoms with Crippen LogP contribution in [-0.4, -0.2) is 63.8 Å². The minimum atomic E-state index is -0.314. The summed E-state index contributed by atoms with van der Waals surface area (Å²) in [4.78, 5) is 37.1. The number of carbonyl (C=O) groups excluding carboxylic acids is 2. The Morgan fingerprint density at radius 1 is 1.00 bits per heavy atom. The Bertz CT molecular complexity index is 738. The van der Waals surface area contributed by atoms with Gasteiger partial charge in [-0.2, -0.15) is 0 Å². The highest BCUT2D eigenvalue weighted by Gasteiger charge is 2.26. The molecule has 2 amide bonds. The van der Waals surface area contributed by atoms with E-state index in [4.69, 9.17) is 0 Å². The summed E-state index contributed by atoms with van der Waals surface area (Å²) >= 11 is 0. The Hall–Kier alpha value is -2.80. The number of hydrogen-bond donors (Lipinski definition) is 1. The lowest BCUT2D eigenvalue weighted by molar-refractivity contribution is -0.120. The summed E-state index contributed by atoms with van der Waals surface area (Å²) in [6.45, 7) is 4.59. The van der Waals surface area contributed by atoms with Crippen molar-refractivity contribution in [3.05, 3.63) is 54.4 Å². The number of hydrogen-bond acceptors (Lipinski definition) is 5. The van der Waals surface area contributed by atoms with E-state index in [1.54, 1.807) is 18.5 Å². The molecule has 0 radical (unpaired) electrons. The molecule has 0 bridgehead atoms. The Kier molecular flexibility index (Phi) is 5.91. The minimum Gasteiger partial charge on any atom is -0.337 e. The van der Waals surface area contributed by atoms with Crippen LogP contribution in [0.3, 0.4) is 0 Å². The van der Waals surface area contributed by atoms with Gasteiger partial charge in [-0.25, -0.2) is 9.97 Å². The van der Waals surface area contributed by atoms with Crippen molar-refractivity contribution in [2.75, 3.05) is 31.5 Å². The molecule has 0 aliphatic carbocycles. The predicted octanol–water partition coefficient (Wildman–Crippen LogP) is 1.65. The van der Waals surface area contributed by atoms with Gasteiger partial charge in [0, 0.05) is 44.1 Å². The second kappa shape index (κ2) is 8.53. The maximum atomic E-state index is 12.6. The summed E-state index contributed by atoms with van der Waals surface area (Å²) in [5.41, 5.74) is 0.702. The first-order valence-corrected chi connectivity index (χ1v) is 8.81. The van der Waals surface area contributed by atoms with Crippen molar-refractivity contribution < 1.29 is 9.59 Å². The zero-order valence-electron chi connectivity index (χ0n) is 14.8. The van der Waals surface area contributed by atoms with E-state index >= 15 is 0 Å². The quantitative estimate of drug-likeness (QED) is 0.904. The van der Waals surface area contributed by atoms with E-state index in [1.165, 1.54) is 0 Å². The molecule has 1 atom stereocenters. The molecule has 3 rings (SSSR count). The fraction of sp³-hybridized carbons (Fsp3) is 0.368. The standard InChI is InChI=1S/C19H23N5O2/c1-15(17(25)22-19-20-9-5-10-21-19)23-11-6-12-24(14-13-23)18(26)16-7-3-2-4-8-16/h2-5,7-10,15H,6,11-14H2,1H3,(H,20,21,22,25). The van der Waals surface area contributed by atoms with Crippen LogP contribution in [-0.2, 0) is 4.79 Å². The van der Waals surface area contributed by atoms with Gasteiger partial charge in [-0.05, 0) is 31.5 Å². The number of anilines is 1. The molecule has 1 aromatic carbocycles. The molecule has 26 heavy (non-hydrogen) atoms. The molecule has 1 N–H and O–H groups in total. The summed E-state index contributed by atoms with van der Waals surface area (Å²) in [5.74, 6) is 0.210. The van der Waals surface area contributed by atoms with E-state index in [9.17, 15) is 9.59 Å². The molecular formula is C19H23N5O2. The number of rotatable bonds is 4. The topological polar surface area (TPSA) is 78.4 Å². The molecule has 7 nitrogen and oxygen atoms in total. The van der Waals surface area contributed by atoms with Crippen LogP contribution in [0.2, 0.25) is 0 Å². The highest BCUT2D eigenvalue weighted by molar-refractivity contribution is 5.94. The highest BCUT2D eigenvalue weighted by Crippen LogP contribution is 2.12. The van der Waals surface area contributed by atoms with Gasteiger partial charge in [-0.3, -0.25) is 19.8 Å². The van der Waals surface area contributed by atoms with E-state index in [2.05, 4.69) is 20.2 Å². The van der Waals surface area contributed by atoms with Gasteiger partial charge in [0.25, 0.3) is 5.91 Å². The first-order valence-electron chi connectivity index (χ1n) is 8.81. The second-order valence-corrected chi connectivity index (χ2v) is 6.29. The lowest BCUT2D eigenvalue weighted by Crippen LogP contribution is -2.44. The molecule has 0 spiro atoms. The van der Waals surface area contributed by atoms with E-state index in [1.807, 2.05) is 42.2 Å². The van der Waals surface area contributed by atoms with Gasteiger partial charge in [-0.1, -0.05) is 18.2 Å². The SMILES string of the molecule is CC(C(=O)Nc1ncccn1)N1CCCN(C(=O)c2ccccc2)CC1. The van der Waals surface area contributed by atoms with Crippen molar-refractivity contribution in [3.8, 4) is 0 Å². The van der Waals surface area contributed by atoms with E-state index in [-0.39, 0.29) is 17.9 Å². The molecule has 1 aliphatic rings. The predicted molar refractivity (Wildman–Crippen MR) is 98.7 cm³/mol. The lowest BCUT2D eigenvalue weighted by Gasteiger charge is -2.26. The third-order valence-corrected chi connectivity index (χ3v) is 4.57. The zero-order chi connectivity index (χ0) is 18.4. The Labute approximate surface area is 153 Å². The van der Waals surface area contributed by atoms with Crippen LogP contribution < -0.4 is 5.32 Å². The number of benzene rings is 1. The molecule has 0 saturated carbocycles. The highest BCUT2D eigenvalue weighted by atomic mass is 16.2. The van der Waals surface area contributed by atoms with Gasteiger partial charge in [0.15, 0.2) is 0 Å². The third-order valence-electron chi connectivity index (χ3n) is 4.57. The molecular weight excluding hydrogens is 330 g/mol. The number of nitrogens with one attached hydrogen (secondary N) is 1. The summed E-state index contributed by atoms with van der Waals surface area (Å²) in [7, 11) is 0. The smallest absolute Gasteiger partial charge is 0.253 e.